The number of non-ortho nitro benzene ring substituents is 1. The van der Waals surface area contributed by atoms with Crippen molar-refractivity contribution >= 4 is 22.5 Å². The summed E-state index contributed by atoms with van der Waals surface area (Å²) in [4.78, 5) is 22.3. The highest BCUT2D eigenvalue weighted by atomic mass is 16.6. The lowest BCUT2D eigenvalue weighted by Crippen LogP contribution is -2.32. The van der Waals surface area contributed by atoms with Crippen LogP contribution < -0.4 is 5.32 Å². The van der Waals surface area contributed by atoms with Crippen molar-refractivity contribution in [2.24, 2.45) is 0 Å². The number of nitrogens with one attached hydrogen (secondary N) is 2. The maximum atomic E-state index is 12.0. The third-order valence-electron chi connectivity index (χ3n) is 2.96. The molecule has 19 heavy (non-hydrogen) atoms. The van der Waals surface area contributed by atoms with Crippen LogP contribution in [0.25, 0.3) is 10.9 Å². The number of rotatable bonds is 4. The first-order chi connectivity index (χ1) is 9.02. The van der Waals surface area contributed by atoms with Gasteiger partial charge in [-0.2, -0.15) is 5.10 Å². The third kappa shape index (κ3) is 2.54. The summed E-state index contributed by atoms with van der Waals surface area (Å²) in [6.45, 7) is 3.84. The molecule has 1 aromatic heterocycles. The molecule has 2 N–H and O–H groups in total. The van der Waals surface area contributed by atoms with Gasteiger partial charge in [-0.3, -0.25) is 20.0 Å². The maximum absolute atomic E-state index is 12.0. The number of nitro benzene ring substituents is 1. The van der Waals surface area contributed by atoms with E-state index in [1.807, 2.05) is 13.8 Å². The van der Waals surface area contributed by atoms with Crippen molar-refractivity contribution in [2.75, 3.05) is 0 Å². The number of nitro groups is 1. The number of carbonyl (C=O) groups excluding carboxylic acids is 1. The van der Waals surface area contributed by atoms with E-state index in [0.717, 1.165) is 6.42 Å². The molecule has 1 heterocycles. The first kappa shape index (κ1) is 13.0. The number of carbonyl (C=O) groups is 1. The molecule has 2 rings (SSSR count). The summed E-state index contributed by atoms with van der Waals surface area (Å²) in [5.74, 6) is -0.332. The van der Waals surface area contributed by atoms with Crippen LogP contribution >= 0.6 is 0 Å². The number of H-pyrrole nitrogens is 1. The highest BCUT2D eigenvalue weighted by Crippen LogP contribution is 2.22. The molecule has 0 radical (unpaired) electrons. The molecule has 0 fully saturated rings. The predicted molar refractivity (Wildman–Crippen MR) is 70.0 cm³/mol. The van der Waals surface area contributed by atoms with Crippen LogP contribution in [0, 0.1) is 10.1 Å². The Bertz CT molecular complexity index is 635. The molecule has 2 aromatic rings. The molecule has 1 amide bonds. The molecule has 0 aliphatic carbocycles. The van der Waals surface area contributed by atoms with Crippen LogP contribution in [0.15, 0.2) is 18.2 Å². The molecule has 0 aliphatic heterocycles. The highest BCUT2D eigenvalue weighted by molar-refractivity contribution is 6.05. The maximum Gasteiger partial charge on any atom is 0.272 e. The van der Waals surface area contributed by atoms with Crippen molar-refractivity contribution in [1.29, 1.82) is 0 Å². The van der Waals surface area contributed by atoms with Crippen molar-refractivity contribution in [3.8, 4) is 0 Å². The number of hydrogen-bond acceptors (Lipinski definition) is 4. The fourth-order valence-electron chi connectivity index (χ4n) is 1.68. The summed E-state index contributed by atoms with van der Waals surface area (Å²) in [5, 5.41) is 20.6. The Morgan fingerprint density at radius 3 is 2.95 bits per heavy atom. The fourth-order valence-corrected chi connectivity index (χ4v) is 1.68. The average molecular weight is 262 g/mol. The normalized spacial score (nSPS) is 12.3. The summed E-state index contributed by atoms with van der Waals surface area (Å²) in [5.41, 5.74) is 0.713. The van der Waals surface area contributed by atoms with Crippen LogP contribution in [0.2, 0.25) is 0 Å². The number of aromatic nitrogens is 2. The van der Waals surface area contributed by atoms with E-state index in [2.05, 4.69) is 15.5 Å². The SMILES string of the molecule is CC[C@H](C)NC(=O)c1n[nH]c2ccc([N+](=O)[O-])cc12. The van der Waals surface area contributed by atoms with Crippen molar-refractivity contribution < 1.29 is 9.72 Å². The molecule has 1 atom stereocenters. The number of aromatic amines is 1. The van der Waals surface area contributed by atoms with Gasteiger partial charge in [0.1, 0.15) is 0 Å². The van der Waals surface area contributed by atoms with Crippen LogP contribution in [0.4, 0.5) is 5.69 Å². The zero-order valence-corrected chi connectivity index (χ0v) is 10.6. The molecule has 0 aliphatic rings. The lowest BCUT2D eigenvalue weighted by molar-refractivity contribution is -0.384. The van der Waals surface area contributed by atoms with E-state index >= 15 is 0 Å². The topological polar surface area (TPSA) is 101 Å². The standard InChI is InChI=1S/C12H14N4O3/c1-3-7(2)13-12(17)11-9-6-8(16(18)19)4-5-10(9)14-15-11/h4-7H,3H2,1-2H3,(H,13,17)(H,14,15)/t7-/m0/s1. The number of nitrogens with zero attached hydrogens (tertiary/aromatic N) is 2. The Morgan fingerprint density at radius 1 is 1.58 bits per heavy atom. The van der Waals surface area contributed by atoms with Gasteiger partial charge in [0.15, 0.2) is 5.69 Å². The van der Waals surface area contributed by atoms with Gasteiger partial charge in [0.05, 0.1) is 10.4 Å². The van der Waals surface area contributed by atoms with E-state index in [0.29, 0.717) is 10.9 Å². The first-order valence-corrected chi connectivity index (χ1v) is 5.96. The van der Waals surface area contributed by atoms with Crippen molar-refractivity contribution in [2.45, 2.75) is 26.3 Å². The summed E-state index contributed by atoms with van der Waals surface area (Å²) >= 11 is 0. The lowest BCUT2D eigenvalue weighted by atomic mass is 10.1. The summed E-state index contributed by atoms with van der Waals surface area (Å²) in [6, 6.07) is 4.29. The van der Waals surface area contributed by atoms with Gasteiger partial charge in [-0.1, -0.05) is 6.92 Å². The molecule has 0 unspecified atom stereocenters. The second-order valence-corrected chi connectivity index (χ2v) is 4.34. The van der Waals surface area contributed by atoms with Crippen molar-refractivity contribution in [1.82, 2.24) is 15.5 Å². The predicted octanol–water partition coefficient (Wildman–Crippen LogP) is 2.00. The Balaban J connectivity index is 2.40. The van der Waals surface area contributed by atoms with Crippen molar-refractivity contribution in [3.05, 3.63) is 34.0 Å². The molecule has 1 aromatic carbocycles. The van der Waals surface area contributed by atoms with Crippen LogP contribution in [-0.4, -0.2) is 27.1 Å². The van der Waals surface area contributed by atoms with Crippen LogP contribution in [0.3, 0.4) is 0 Å². The van der Waals surface area contributed by atoms with Crippen molar-refractivity contribution in [3.63, 3.8) is 0 Å². The second kappa shape index (κ2) is 5.05. The molecule has 0 bridgehead atoms. The summed E-state index contributed by atoms with van der Waals surface area (Å²) in [6.07, 6.45) is 0.800. The van der Waals surface area contributed by atoms with Crippen LogP contribution in [0.1, 0.15) is 30.8 Å². The lowest BCUT2D eigenvalue weighted by Gasteiger charge is -2.09. The van der Waals surface area contributed by atoms with E-state index in [1.54, 1.807) is 6.07 Å². The third-order valence-corrected chi connectivity index (χ3v) is 2.96. The summed E-state index contributed by atoms with van der Waals surface area (Å²) < 4.78 is 0. The Morgan fingerprint density at radius 2 is 2.32 bits per heavy atom. The van der Waals surface area contributed by atoms with Gasteiger partial charge in [-0.15, -0.1) is 0 Å². The molecule has 0 spiro atoms. The first-order valence-electron chi connectivity index (χ1n) is 5.96. The molecule has 0 saturated carbocycles. The number of fused-ring (bicyclic) bond motifs is 1. The van der Waals surface area contributed by atoms with Gasteiger partial charge < -0.3 is 5.32 Å². The van der Waals surface area contributed by atoms with E-state index in [1.165, 1.54) is 12.1 Å². The fraction of sp³-hybridized carbons (Fsp3) is 0.333. The number of benzene rings is 1. The molecular formula is C12H14N4O3. The minimum absolute atomic E-state index is 0.0259. The number of amides is 1. The van der Waals surface area contributed by atoms with Crippen LogP contribution in [-0.2, 0) is 0 Å². The monoisotopic (exact) mass is 262 g/mol. The Kier molecular flexibility index (Phi) is 3.46. The van der Waals surface area contributed by atoms with Gasteiger partial charge in [-0.05, 0) is 19.4 Å². The average Bonchev–Trinajstić information content (AvgIpc) is 2.81. The largest absolute Gasteiger partial charge is 0.348 e. The molecule has 7 heteroatoms. The quantitative estimate of drug-likeness (QED) is 0.650. The van der Waals surface area contributed by atoms with Gasteiger partial charge >= 0.3 is 0 Å². The van der Waals surface area contributed by atoms with E-state index < -0.39 is 4.92 Å². The molecule has 7 nitrogen and oxygen atoms in total. The van der Waals surface area contributed by atoms with Crippen LogP contribution in [0.5, 0.6) is 0 Å². The van der Waals surface area contributed by atoms with Gasteiger partial charge in [0.25, 0.3) is 11.6 Å². The zero-order chi connectivity index (χ0) is 14.0. The van der Waals surface area contributed by atoms with E-state index in [-0.39, 0.29) is 23.3 Å². The smallest absolute Gasteiger partial charge is 0.272 e. The molecule has 100 valence electrons. The minimum Gasteiger partial charge on any atom is -0.348 e. The van der Waals surface area contributed by atoms with Gasteiger partial charge in [-0.25, -0.2) is 0 Å². The zero-order valence-electron chi connectivity index (χ0n) is 10.6. The molecule has 0 saturated heterocycles. The minimum atomic E-state index is -0.497. The second-order valence-electron chi connectivity index (χ2n) is 4.34. The highest BCUT2D eigenvalue weighted by Gasteiger charge is 2.18. The van der Waals surface area contributed by atoms with E-state index in [4.69, 9.17) is 0 Å². The molecular weight excluding hydrogens is 248 g/mol. The van der Waals surface area contributed by atoms with Gasteiger partial charge in [0.2, 0.25) is 0 Å². The Hall–Kier alpha value is -2.44. The van der Waals surface area contributed by atoms with E-state index in [9.17, 15) is 14.9 Å². The summed E-state index contributed by atoms with van der Waals surface area (Å²) in [7, 11) is 0. The number of hydrogen-bond donors (Lipinski definition) is 2. The Labute approximate surface area is 109 Å². The van der Waals surface area contributed by atoms with Gasteiger partial charge in [0, 0.05) is 23.6 Å².